The molecule has 0 radical (unpaired) electrons. The smallest absolute Gasteiger partial charge is 0.407 e. The molecule has 0 aliphatic heterocycles. The highest BCUT2D eigenvalue weighted by Crippen LogP contribution is 2.45. The molecule has 7 rings (SSSR count). The molecule has 1 amide bonds. The van der Waals surface area contributed by atoms with Gasteiger partial charge in [-0.1, -0.05) is 143 Å². The van der Waals surface area contributed by atoms with Crippen molar-refractivity contribution in [2.45, 2.75) is 48.4 Å². The maximum Gasteiger partial charge on any atom is 0.407 e. The Morgan fingerprint density at radius 2 is 1.40 bits per heavy atom. The third-order valence-corrected chi connectivity index (χ3v) is 18.9. The van der Waals surface area contributed by atoms with Crippen LogP contribution in [0.3, 0.4) is 0 Å². The predicted molar refractivity (Wildman–Crippen MR) is 250 cm³/mol. The van der Waals surface area contributed by atoms with Crippen molar-refractivity contribution < 1.29 is 31.9 Å². The van der Waals surface area contributed by atoms with E-state index in [4.69, 9.17) is 18.9 Å². The van der Waals surface area contributed by atoms with Gasteiger partial charge in [0.05, 0.1) is 10.6 Å². The van der Waals surface area contributed by atoms with Gasteiger partial charge in [-0.05, 0) is 61.9 Å². The van der Waals surface area contributed by atoms with Crippen LogP contribution in [0.4, 0.5) is 4.79 Å². The Morgan fingerprint density at radius 1 is 0.823 bits per heavy atom. The zero-order valence-corrected chi connectivity index (χ0v) is 38.2. The third-order valence-electron chi connectivity index (χ3n) is 11.1. The lowest BCUT2D eigenvalue weighted by Gasteiger charge is -2.43. The SMILES string of the molecule is C=CCOC(=O)[C@H](CSCc1ccc2c(S(=O)(=O)N(C)C)ccc(O[Si](c3ccccc3)(c3ccccc3)C(C)(C)C)c2n1)NC(=O)OCC1c2ccccc2-c2ccccc21. The van der Waals surface area contributed by atoms with Crippen LogP contribution in [-0.2, 0) is 30.0 Å². The zero-order valence-electron chi connectivity index (χ0n) is 35.5. The van der Waals surface area contributed by atoms with Crippen molar-refractivity contribution in [2.24, 2.45) is 0 Å². The van der Waals surface area contributed by atoms with E-state index in [1.54, 1.807) is 24.3 Å². The molecule has 0 saturated carbocycles. The zero-order chi connectivity index (χ0) is 44.1. The van der Waals surface area contributed by atoms with Crippen LogP contribution in [0.1, 0.15) is 43.5 Å². The van der Waals surface area contributed by atoms with Crippen LogP contribution in [0.5, 0.6) is 5.75 Å². The average Bonchev–Trinajstić information content (AvgIpc) is 3.59. The number of amides is 1. The van der Waals surface area contributed by atoms with Gasteiger partial charge in [-0.2, -0.15) is 11.8 Å². The summed E-state index contributed by atoms with van der Waals surface area (Å²) in [5, 5.41) is 4.89. The first-order chi connectivity index (χ1) is 29.8. The summed E-state index contributed by atoms with van der Waals surface area (Å²) in [5.41, 5.74) is 5.39. The topological polar surface area (TPSA) is 124 Å². The van der Waals surface area contributed by atoms with E-state index in [1.807, 2.05) is 72.8 Å². The molecule has 1 heterocycles. The van der Waals surface area contributed by atoms with E-state index in [-0.39, 0.29) is 34.8 Å². The van der Waals surface area contributed by atoms with Gasteiger partial charge in [0, 0.05) is 36.9 Å². The number of pyridine rings is 1. The van der Waals surface area contributed by atoms with Gasteiger partial charge in [-0.25, -0.2) is 27.3 Å². The van der Waals surface area contributed by atoms with Gasteiger partial charge in [0.25, 0.3) is 0 Å². The van der Waals surface area contributed by atoms with Gasteiger partial charge >= 0.3 is 20.4 Å². The molecule has 0 unspecified atom stereocenters. The number of carbonyl (C=O) groups excluding carboxylic acids is 2. The molecule has 6 aromatic rings. The maximum atomic E-state index is 13.7. The summed E-state index contributed by atoms with van der Waals surface area (Å²) in [4.78, 5) is 31.8. The second-order valence-electron chi connectivity index (χ2n) is 16.3. The van der Waals surface area contributed by atoms with Crippen LogP contribution in [0.2, 0.25) is 5.04 Å². The molecule has 1 aliphatic rings. The lowest BCUT2D eigenvalue weighted by molar-refractivity contribution is -0.144. The number of fused-ring (bicyclic) bond motifs is 4. The molecule has 0 spiro atoms. The largest absolute Gasteiger partial charge is 0.533 e. The van der Waals surface area contributed by atoms with Crippen LogP contribution < -0.4 is 20.1 Å². The quantitative estimate of drug-likeness (QED) is 0.0581. The number of esters is 1. The molecule has 1 aliphatic carbocycles. The molecule has 5 aromatic carbocycles. The number of benzene rings is 5. The number of thioether (sulfide) groups is 1. The normalized spacial score (nSPS) is 13.3. The van der Waals surface area contributed by atoms with Gasteiger partial charge < -0.3 is 19.2 Å². The third kappa shape index (κ3) is 8.94. The van der Waals surface area contributed by atoms with Crippen LogP contribution in [-0.4, -0.2) is 77.2 Å². The number of hydrogen-bond acceptors (Lipinski definition) is 9. The monoisotopic (exact) mass is 885 g/mol. The Labute approximate surface area is 369 Å². The Balaban J connectivity index is 1.16. The van der Waals surface area contributed by atoms with Crippen LogP contribution >= 0.6 is 11.8 Å². The van der Waals surface area contributed by atoms with Crippen molar-refractivity contribution in [1.29, 1.82) is 0 Å². The summed E-state index contributed by atoms with van der Waals surface area (Å²) in [6, 6.07) is 42.3. The molecule has 10 nitrogen and oxygen atoms in total. The summed E-state index contributed by atoms with van der Waals surface area (Å²) >= 11 is 1.37. The van der Waals surface area contributed by atoms with Gasteiger partial charge in [0.1, 0.15) is 30.5 Å². The van der Waals surface area contributed by atoms with Crippen molar-refractivity contribution in [2.75, 3.05) is 33.1 Å². The van der Waals surface area contributed by atoms with Gasteiger partial charge in [0.2, 0.25) is 10.0 Å². The number of carbonyl (C=O) groups is 2. The molecular formula is C49H51N3O7S2Si. The molecule has 13 heteroatoms. The van der Waals surface area contributed by atoms with E-state index in [0.29, 0.717) is 28.1 Å². The summed E-state index contributed by atoms with van der Waals surface area (Å²) in [6.45, 7) is 10.2. The van der Waals surface area contributed by atoms with Crippen LogP contribution in [0, 0.1) is 0 Å². The summed E-state index contributed by atoms with van der Waals surface area (Å²) < 4.78 is 47.2. The number of ether oxygens (including phenoxy) is 2. The van der Waals surface area contributed by atoms with Crippen molar-refractivity contribution in [1.82, 2.24) is 14.6 Å². The number of rotatable bonds is 16. The predicted octanol–water partition coefficient (Wildman–Crippen LogP) is 8.29. The van der Waals surface area contributed by atoms with E-state index in [9.17, 15) is 18.0 Å². The molecule has 62 heavy (non-hydrogen) atoms. The van der Waals surface area contributed by atoms with Gasteiger partial charge in [-0.15, -0.1) is 0 Å². The fourth-order valence-corrected chi connectivity index (χ4v) is 14.5. The van der Waals surface area contributed by atoms with E-state index < -0.39 is 36.4 Å². The van der Waals surface area contributed by atoms with Crippen molar-refractivity contribution in [3.63, 3.8) is 0 Å². The minimum absolute atomic E-state index is 0.0229. The number of nitrogens with zero attached hydrogens (tertiary/aromatic N) is 2. The Hall–Kier alpha value is -5.73. The second kappa shape index (κ2) is 18.7. The molecule has 0 bridgehead atoms. The standard InChI is InChI=1S/C49H51N3O7S2Si/c1-7-30-57-47(53)43(51-48(54)58-31-42-39-24-16-14-22-37(39)38-23-15-17-25-40(38)42)33-60-32-34-26-27-41-45(61(55,56)52(5)6)29-28-44(46(41)50-34)59-62(49(2,3)4,35-18-10-8-11-19-35)36-20-12-9-13-21-36/h7-29,42-43H,1,30-33H2,2-6H3,(H,51,54)/t43-/m0/s1. The summed E-state index contributed by atoms with van der Waals surface area (Å²) in [7, 11) is -4.03. The first-order valence-corrected chi connectivity index (χ1v) is 24.9. The van der Waals surface area contributed by atoms with Crippen molar-refractivity contribution >= 4 is 63.4 Å². The van der Waals surface area contributed by atoms with Crippen LogP contribution in [0.15, 0.2) is 151 Å². The highest BCUT2D eigenvalue weighted by molar-refractivity contribution is 7.98. The van der Waals surface area contributed by atoms with Gasteiger partial charge in [0.15, 0.2) is 0 Å². The van der Waals surface area contributed by atoms with Gasteiger partial charge in [-0.3, -0.25) is 0 Å². The number of nitrogens with one attached hydrogen (secondary N) is 1. The molecule has 1 aromatic heterocycles. The fourth-order valence-electron chi connectivity index (χ4n) is 8.08. The molecule has 0 fully saturated rings. The molecule has 1 N–H and O–H groups in total. The van der Waals surface area contributed by atoms with Crippen molar-refractivity contribution in [3.05, 3.63) is 163 Å². The molecular weight excluding hydrogens is 835 g/mol. The Bertz CT molecular complexity index is 2610. The van der Waals surface area contributed by atoms with E-state index in [2.05, 4.69) is 69.1 Å². The highest BCUT2D eigenvalue weighted by atomic mass is 32.2. The average molecular weight is 886 g/mol. The number of sulfonamides is 1. The highest BCUT2D eigenvalue weighted by Gasteiger charge is 2.52. The number of aromatic nitrogens is 1. The molecule has 1 atom stereocenters. The summed E-state index contributed by atoms with van der Waals surface area (Å²) in [5.74, 6) is 0.141. The second-order valence-corrected chi connectivity index (χ2v) is 23.6. The fraction of sp³-hybridized carbons (Fsp3) is 0.245. The van der Waals surface area contributed by atoms with Crippen molar-refractivity contribution in [3.8, 4) is 16.9 Å². The lowest BCUT2D eigenvalue weighted by atomic mass is 9.98. The first-order valence-electron chi connectivity index (χ1n) is 20.4. The van der Waals surface area contributed by atoms with E-state index in [0.717, 1.165) is 32.6 Å². The van der Waals surface area contributed by atoms with E-state index >= 15 is 0 Å². The number of alkyl carbamates (subject to hydrolysis) is 1. The maximum absolute atomic E-state index is 13.7. The minimum atomic E-state index is -3.87. The Kier molecular flexibility index (Phi) is 13.4. The first kappa shape index (κ1) is 44.3. The number of hydrogen-bond donors (Lipinski definition) is 1. The molecule has 320 valence electrons. The lowest BCUT2D eigenvalue weighted by Crippen LogP contribution is -2.68. The van der Waals surface area contributed by atoms with Crippen LogP contribution in [0.25, 0.3) is 22.0 Å². The van der Waals surface area contributed by atoms with E-state index in [1.165, 1.54) is 36.2 Å². The molecule has 0 saturated heterocycles. The minimum Gasteiger partial charge on any atom is -0.533 e. The summed E-state index contributed by atoms with van der Waals surface area (Å²) in [6.07, 6.45) is 0.725. The Morgan fingerprint density at radius 3 is 1.97 bits per heavy atom.